The van der Waals surface area contributed by atoms with E-state index in [-0.39, 0.29) is 0 Å². The predicted octanol–water partition coefficient (Wildman–Crippen LogP) is 2.34. The monoisotopic (exact) mass is 238 g/mol. The van der Waals surface area contributed by atoms with Crippen molar-refractivity contribution in [3.8, 4) is 0 Å². The minimum absolute atomic E-state index is 0.302. The third kappa shape index (κ3) is 1.86. The van der Waals surface area contributed by atoms with Crippen LogP contribution >= 0.6 is 0 Å². The Kier molecular flexibility index (Phi) is 2.55. The van der Waals surface area contributed by atoms with Gasteiger partial charge in [0, 0.05) is 23.9 Å². The van der Waals surface area contributed by atoms with Crippen molar-refractivity contribution >= 4 is 22.5 Å². The zero-order valence-electron chi connectivity index (χ0n) is 10.2. The minimum Gasteiger partial charge on any atom is -0.386 e. The molecular weight excluding hydrogens is 224 g/mol. The fourth-order valence-corrected chi connectivity index (χ4v) is 2.25. The van der Waals surface area contributed by atoms with E-state index >= 15 is 0 Å². The summed E-state index contributed by atoms with van der Waals surface area (Å²) in [6.07, 6.45) is 2.57. The highest BCUT2D eigenvalue weighted by Gasteiger charge is 2.18. The first-order valence-electron chi connectivity index (χ1n) is 5.99. The molecule has 0 spiro atoms. The van der Waals surface area contributed by atoms with Crippen LogP contribution in [0.25, 0.3) is 10.9 Å². The molecule has 1 atom stereocenters. The van der Waals surface area contributed by atoms with Crippen molar-refractivity contribution in [1.82, 2.24) is 4.98 Å². The van der Waals surface area contributed by atoms with Crippen LogP contribution in [0.15, 0.2) is 46.7 Å². The van der Waals surface area contributed by atoms with Gasteiger partial charge in [0.15, 0.2) is 0 Å². The molecule has 2 heterocycles. The van der Waals surface area contributed by atoms with Crippen LogP contribution in [0.5, 0.6) is 0 Å². The molecule has 2 aromatic rings. The molecule has 0 amide bonds. The maximum atomic E-state index is 5.69. The normalized spacial score (nSPS) is 19.5. The molecule has 1 aromatic carbocycles. The zero-order valence-corrected chi connectivity index (χ0v) is 10.2. The first kappa shape index (κ1) is 10.9. The van der Waals surface area contributed by atoms with E-state index in [1.54, 1.807) is 6.20 Å². The zero-order chi connectivity index (χ0) is 12.5. The van der Waals surface area contributed by atoms with Gasteiger partial charge in [-0.3, -0.25) is 4.98 Å². The van der Waals surface area contributed by atoms with Gasteiger partial charge in [0.1, 0.15) is 5.84 Å². The van der Waals surface area contributed by atoms with Gasteiger partial charge in [0.25, 0.3) is 0 Å². The highest BCUT2D eigenvalue weighted by atomic mass is 15.2. The first-order valence-corrected chi connectivity index (χ1v) is 5.99. The summed E-state index contributed by atoms with van der Waals surface area (Å²) >= 11 is 0. The van der Waals surface area contributed by atoms with Crippen LogP contribution in [0.1, 0.15) is 18.9 Å². The largest absolute Gasteiger partial charge is 0.386 e. The summed E-state index contributed by atoms with van der Waals surface area (Å²) < 4.78 is 0. The number of nitrogens with zero attached hydrogens (tertiary/aromatic N) is 3. The number of pyridine rings is 1. The predicted molar refractivity (Wildman–Crippen MR) is 73.7 cm³/mol. The van der Waals surface area contributed by atoms with Gasteiger partial charge < -0.3 is 5.73 Å². The van der Waals surface area contributed by atoms with Gasteiger partial charge in [-0.25, -0.2) is 0 Å². The van der Waals surface area contributed by atoms with Gasteiger partial charge in [0.2, 0.25) is 0 Å². The van der Waals surface area contributed by atoms with Crippen LogP contribution < -0.4 is 5.73 Å². The average molecular weight is 238 g/mol. The second-order valence-corrected chi connectivity index (χ2v) is 4.59. The van der Waals surface area contributed by atoms with Crippen molar-refractivity contribution < 1.29 is 0 Å². The molecule has 4 heteroatoms. The summed E-state index contributed by atoms with van der Waals surface area (Å²) in [6, 6.07) is 10.2. The number of hydrogen-bond donors (Lipinski definition) is 1. The lowest BCUT2D eigenvalue weighted by Gasteiger charge is -2.17. The summed E-state index contributed by atoms with van der Waals surface area (Å²) in [5.41, 5.74) is 8.77. The second kappa shape index (κ2) is 4.22. The molecule has 0 saturated heterocycles. The quantitative estimate of drug-likeness (QED) is 0.828. The molecule has 0 radical (unpaired) electrons. The molecule has 0 bridgehead atoms. The van der Waals surface area contributed by atoms with E-state index in [0.717, 1.165) is 28.6 Å². The molecule has 0 fully saturated rings. The van der Waals surface area contributed by atoms with E-state index in [1.807, 2.05) is 18.2 Å². The number of nitrogens with two attached hydrogens (primary N) is 1. The Morgan fingerprint density at radius 2 is 2.11 bits per heavy atom. The van der Waals surface area contributed by atoms with Gasteiger partial charge in [-0.1, -0.05) is 19.1 Å². The van der Waals surface area contributed by atoms with Gasteiger partial charge in [-0.15, -0.1) is 5.10 Å². The molecule has 1 aliphatic rings. The van der Waals surface area contributed by atoms with Gasteiger partial charge >= 0.3 is 0 Å². The van der Waals surface area contributed by atoms with E-state index in [1.165, 1.54) is 0 Å². The number of benzene rings is 1. The Balaban J connectivity index is 2.09. The Bertz CT molecular complexity index is 658. The Morgan fingerprint density at radius 3 is 2.94 bits per heavy atom. The molecule has 0 saturated carbocycles. The van der Waals surface area contributed by atoms with Crippen LogP contribution in [0.2, 0.25) is 0 Å². The summed E-state index contributed by atoms with van der Waals surface area (Å²) in [7, 11) is 0. The number of amidine groups is 1. The smallest absolute Gasteiger partial charge is 0.123 e. The van der Waals surface area contributed by atoms with Gasteiger partial charge in [-0.05, 0) is 23.8 Å². The Hall–Kier alpha value is -2.23. The average Bonchev–Trinajstić information content (AvgIpc) is 2.38. The Morgan fingerprint density at radius 1 is 1.22 bits per heavy atom. The second-order valence-electron chi connectivity index (χ2n) is 4.59. The molecule has 1 unspecified atom stereocenters. The topological polar surface area (TPSA) is 63.6 Å². The van der Waals surface area contributed by atoms with Crippen LogP contribution in [0.4, 0.5) is 0 Å². The molecule has 1 aromatic heterocycles. The molecule has 4 nitrogen and oxygen atoms in total. The summed E-state index contributed by atoms with van der Waals surface area (Å²) in [5, 5.41) is 9.33. The lowest BCUT2D eigenvalue weighted by molar-refractivity contribution is 0.784. The van der Waals surface area contributed by atoms with Crippen molar-refractivity contribution in [2.24, 2.45) is 21.9 Å². The van der Waals surface area contributed by atoms with Crippen molar-refractivity contribution in [3.05, 3.63) is 42.1 Å². The molecule has 90 valence electrons. The maximum absolute atomic E-state index is 5.69. The molecule has 3 rings (SSSR count). The van der Waals surface area contributed by atoms with E-state index < -0.39 is 0 Å². The van der Waals surface area contributed by atoms with Crippen molar-refractivity contribution in [1.29, 1.82) is 0 Å². The van der Waals surface area contributed by atoms with E-state index in [0.29, 0.717) is 11.8 Å². The number of hydrogen-bond acceptors (Lipinski definition) is 4. The molecular formula is C14H14N4. The van der Waals surface area contributed by atoms with E-state index in [2.05, 4.69) is 34.2 Å². The fourth-order valence-electron chi connectivity index (χ4n) is 2.25. The van der Waals surface area contributed by atoms with Crippen LogP contribution in [0, 0.1) is 5.92 Å². The van der Waals surface area contributed by atoms with E-state index in [4.69, 9.17) is 5.73 Å². The van der Waals surface area contributed by atoms with Crippen molar-refractivity contribution in [3.63, 3.8) is 0 Å². The standard InChI is InChI=1S/C14H14N4/c1-9-7-13(15)17-18-14(9)11-4-5-12-10(8-11)3-2-6-16-12/h2-6,8-9H,7H2,1H3,(H2,15,17). The Labute approximate surface area is 105 Å². The minimum atomic E-state index is 0.302. The third-order valence-corrected chi connectivity index (χ3v) is 3.17. The molecule has 18 heavy (non-hydrogen) atoms. The number of aromatic nitrogens is 1. The van der Waals surface area contributed by atoms with Crippen molar-refractivity contribution in [2.75, 3.05) is 0 Å². The highest BCUT2D eigenvalue weighted by molar-refractivity contribution is 6.07. The fraction of sp³-hybridized carbons (Fsp3) is 0.214. The third-order valence-electron chi connectivity index (χ3n) is 3.17. The van der Waals surface area contributed by atoms with Gasteiger partial charge in [-0.2, -0.15) is 5.10 Å². The lowest BCUT2D eigenvalue weighted by atomic mass is 9.93. The maximum Gasteiger partial charge on any atom is 0.123 e. The van der Waals surface area contributed by atoms with Crippen LogP contribution in [-0.4, -0.2) is 16.5 Å². The van der Waals surface area contributed by atoms with Crippen molar-refractivity contribution in [2.45, 2.75) is 13.3 Å². The highest BCUT2D eigenvalue weighted by Crippen LogP contribution is 2.20. The summed E-state index contributed by atoms with van der Waals surface area (Å²) in [4.78, 5) is 4.31. The molecule has 0 aliphatic carbocycles. The van der Waals surface area contributed by atoms with Crippen LogP contribution in [0.3, 0.4) is 0 Å². The van der Waals surface area contributed by atoms with Gasteiger partial charge in [0.05, 0.1) is 11.2 Å². The number of fused-ring (bicyclic) bond motifs is 1. The lowest BCUT2D eigenvalue weighted by Crippen LogP contribution is -2.25. The summed E-state index contributed by atoms with van der Waals surface area (Å²) in [6.45, 7) is 2.12. The van der Waals surface area contributed by atoms with Crippen LogP contribution in [-0.2, 0) is 0 Å². The molecule has 1 aliphatic heterocycles. The summed E-state index contributed by atoms with van der Waals surface area (Å²) in [5.74, 6) is 0.908. The molecule has 2 N–H and O–H groups in total. The van der Waals surface area contributed by atoms with E-state index in [9.17, 15) is 0 Å². The number of rotatable bonds is 1. The first-order chi connectivity index (χ1) is 8.74. The SMILES string of the molecule is CC1CC(N)=NN=C1c1ccc2ncccc2c1.